The van der Waals surface area contributed by atoms with Crippen molar-refractivity contribution in [1.29, 1.82) is 0 Å². The smallest absolute Gasteiger partial charge is 0.311 e. The van der Waals surface area contributed by atoms with E-state index in [0.717, 1.165) is 18.4 Å². The summed E-state index contributed by atoms with van der Waals surface area (Å²) in [5.41, 5.74) is -0.358. The molecule has 1 N–H and O–H groups in total. The predicted molar refractivity (Wildman–Crippen MR) is 88.5 cm³/mol. The van der Waals surface area contributed by atoms with E-state index in [4.69, 9.17) is 11.6 Å². The molecule has 2 fully saturated rings. The molecule has 124 valence electrons. The predicted octanol–water partition coefficient (Wildman–Crippen LogP) is 3.33. The van der Waals surface area contributed by atoms with Crippen LogP contribution in [0.15, 0.2) is 24.3 Å². The molecule has 1 amide bonds. The summed E-state index contributed by atoms with van der Waals surface area (Å²) in [6.45, 7) is 4.67. The lowest BCUT2D eigenvalue weighted by atomic mass is 9.76. The Morgan fingerprint density at radius 2 is 1.96 bits per heavy atom. The third-order valence-electron chi connectivity index (χ3n) is 5.66. The number of carbonyl (C=O) groups is 2. The molecule has 23 heavy (non-hydrogen) atoms. The summed E-state index contributed by atoms with van der Waals surface area (Å²) < 4.78 is 0. The van der Waals surface area contributed by atoms with Crippen LogP contribution in [-0.2, 0) is 15.0 Å². The highest BCUT2D eigenvalue weighted by Crippen LogP contribution is 2.51. The second kappa shape index (κ2) is 5.52. The van der Waals surface area contributed by atoms with E-state index >= 15 is 0 Å². The van der Waals surface area contributed by atoms with Crippen LogP contribution in [-0.4, -0.2) is 35.0 Å². The van der Waals surface area contributed by atoms with Gasteiger partial charge in [-0.25, -0.2) is 0 Å². The fraction of sp³-hybridized carbons (Fsp3) is 0.556. The second-order valence-corrected chi connectivity index (χ2v) is 7.62. The fourth-order valence-electron chi connectivity index (χ4n) is 3.74. The van der Waals surface area contributed by atoms with E-state index in [1.54, 1.807) is 11.0 Å². The molecule has 3 rings (SSSR count). The zero-order chi connectivity index (χ0) is 16.8. The Kier molecular flexibility index (Phi) is 3.91. The van der Waals surface area contributed by atoms with Gasteiger partial charge in [-0.05, 0) is 42.9 Å². The van der Waals surface area contributed by atoms with Gasteiger partial charge in [0, 0.05) is 18.1 Å². The van der Waals surface area contributed by atoms with Crippen LogP contribution in [0, 0.1) is 11.3 Å². The van der Waals surface area contributed by atoms with Crippen LogP contribution in [0.2, 0.25) is 5.02 Å². The molecule has 1 atom stereocenters. The number of carboxylic acids is 1. The van der Waals surface area contributed by atoms with Crippen molar-refractivity contribution in [2.75, 3.05) is 13.1 Å². The maximum atomic E-state index is 13.1. The Morgan fingerprint density at radius 1 is 1.26 bits per heavy atom. The lowest BCUT2D eigenvalue weighted by Gasteiger charge is -2.30. The van der Waals surface area contributed by atoms with Gasteiger partial charge >= 0.3 is 5.97 Å². The van der Waals surface area contributed by atoms with E-state index in [2.05, 4.69) is 0 Å². The number of hydrogen-bond donors (Lipinski definition) is 1. The maximum Gasteiger partial charge on any atom is 0.311 e. The highest BCUT2D eigenvalue weighted by Gasteiger charge is 2.57. The zero-order valence-electron chi connectivity index (χ0n) is 13.5. The van der Waals surface area contributed by atoms with Gasteiger partial charge in [-0.2, -0.15) is 0 Å². The van der Waals surface area contributed by atoms with Crippen LogP contribution in [0.1, 0.15) is 38.7 Å². The highest BCUT2D eigenvalue weighted by molar-refractivity contribution is 6.30. The molecular weight excluding hydrogens is 314 g/mol. The van der Waals surface area contributed by atoms with Gasteiger partial charge < -0.3 is 10.0 Å². The summed E-state index contributed by atoms with van der Waals surface area (Å²) in [6, 6.07) is 7.47. The Balaban J connectivity index is 1.84. The van der Waals surface area contributed by atoms with Crippen LogP contribution in [0.3, 0.4) is 0 Å². The highest BCUT2D eigenvalue weighted by atomic mass is 35.5. The van der Waals surface area contributed by atoms with E-state index in [-0.39, 0.29) is 11.8 Å². The van der Waals surface area contributed by atoms with Gasteiger partial charge in [0.2, 0.25) is 5.91 Å². The molecule has 0 radical (unpaired) electrons. The molecule has 1 heterocycles. The molecule has 0 aromatic heterocycles. The van der Waals surface area contributed by atoms with E-state index in [1.165, 1.54) is 0 Å². The summed E-state index contributed by atoms with van der Waals surface area (Å²) in [6.07, 6.45) is 2.15. The average molecular weight is 336 g/mol. The molecule has 2 aliphatic rings. The number of carbonyl (C=O) groups excluding carboxylic acids is 1. The van der Waals surface area contributed by atoms with E-state index in [0.29, 0.717) is 24.5 Å². The topological polar surface area (TPSA) is 57.6 Å². The Labute approximate surface area is 141 Å². The first-order valence-electron chi connectivity index (χ1n) is 8.11. The van der Waals surface area contributed by atoms with Gasteiger partial charge in [-0.3, -0.25) is 9.59 Å². The molecule has 1 saturated carbocycles. The number of nitrogens with zero attached hydrogens (tertiary/aromatic N) is 1. The molecule has 1 unspecified atom stereocenters. The van der Waals surface area contributed by atoms with Crippen molar-refractivity contribution in [1.82, 2.24) is 4.90 Å². The molecule has 0 spiro atoms. The molecular formula is C18H22ClNO3. The van der Waals surface area contributed by atoms with E-state index in [9.17, 15) is 14.7 Å². The van der Waals surface area contributed by atoms with Crippen LogP contribution in [0.25, 0.3) is 0 Å². The minimum atomic E-state index is -0.819. The quantitative estimate of drug-likeness (QED) is 0.918. The lowest BCUT2D eigenvalue weighted by molar-refractivity contribution is -0.151. The summed E-state index contributed by atoms with van der Waals surface area (Å²) >= 11 is 6.07. The molecule has 4 nitrogen and oxygen atoms in total. The fourth-order valence-corrected chi connectivity index (χ4v) is 3.93. The third-order valence-corrected chi connectivity index (χ3v) is 5.89. The summed E-state index contributed by atoms with van der Waals surface area (Å²) in [5.74, 6) is -0.738. The number of aliphatic carboxylic acids is 1. The molecule has 1 aliphatic carbocycles. The van der Waals surface area contributed by atoms with Crippen molar-refractivity contribution in [2.45, 2.75) is 38.5 Å². The number of hydrogen-bond acceptors (Lipinski definition) is 2. The number of amides is 1. The lowest BCUT2D eigenvalue weighted by Crippen LogP contribution is -2.43. The number of rotatable bonds is 4. The molecule has 0 bridgehead atoms. The Morgan fingerprint density at radius 3 is 2.43 bits per heavy atom. The maximum absolute atomic E-state index is 13.1. The second-order valence-electron chi connectivity index (χ2n) is 7.19. The summed E-state index contributed by atoms with van der Waals surface area (Å²) in [4.78, 5) is 26.6. The SMILES string of the molecule is CC(C)C1(C(=O)O)CCN(C(=O)C2(c3cccc(Cl)c3)CC2)C1. The van der Waals surface area contributed by atoms with Crippen molar-refractivity contribution >= 4 is 23.5 Å². The molecule has 1 saturated heterocycles. The van der Waals surface area contributed by atoms with Crippen LogP contribution in [0.4, 0.5) is 0 Å². The Hall–Kier alpha value is -1.55. The van der Waals surface area contributed by atoms with E-state index in [1.807, 2.05) is 32.0 Å². The van der Waals surface area contributed by atoms with Crippen LogP contribution < -0.4 is 0 Å². The van der Waals surface area contributed by atoms with Gasteiger partial charge in [0.05, 0.1) is 10.8 Å². The van der Waals surface area contributed by atoms with Gasteiger partial charge in [0.15, 0.2) is 0 Å². The Bertz CT molecular complexity index is 653. The monoisotopic (exact) mass is 335 g/mol. The van der Waals surface area contributed by atoms with Crippen molar-refractivity contribution in [3.63, 3.8) is 0 Å². The van der Waals surface area contributed by atoms with E-state index < -0.39 is 16.8 Å². The first-order valence-corrected chi connectivity index (χ1v) is 8.48. The molecule has 5 heteroatoms. The average Bonchev–Trinajstić information content (AvgIpc) is 3.18. The third kappa shape index (κ3) is 2.53. The first kappa shape index (κ1) is 16.3. The largest absolute Gasteiger partial charge is 0.481 e. The number of halogens is 1. The number of carboxylic acid groups (broad SMARTS) is 1. The van der Waals surface area contributed by atoms with Crippen molar-refractivity contribution < 1.29 is 14.7 Å². The van der Waals surface area contributed by atoms with Gasteiger partial charge in [0.25, 0.3) is 0 Å². The first-order chi connectivity index (χ1) is 10.8. The number of likely N-dealkylation sites (tertiary alicyclic amines) is 1. The molecule has 1 aromatic carbocycles. The minimum absolute atomic E-state index is 0.000812. The van der Waals surface area contributed by atoms with Gasteiger partial charge in [-0.1, -0.05) is 37.6 Å². The van der Waals surface area contributed by atoms with Crippen molar-refractivity contribution in [3.8, 4) is 0 Å². The standard InChI is InChI=1S/C18H22ClNO3/c1-12(2)18(16(22)23)8-9-20(11-18)15(21)17(6-7-17)13-4-3-5-14(19)10-13/h3-5,10,12H,6-9,11H2,1-2H3,(H,22,23). The molecule has 1 aliphatic heterocycles. The summed E-state index contributed by atoms with van der Waals surface area (Å²) in [7, 11) is 0. The van der Waals surface area contributed by atoms with Gasteiger partial charge in [-0.15, -0.1) is 0 Å². The van der Waals surface area contributed by atoms with Crippen molar-refractivity contribution in [3.05, 3.63) is 34.9 Å². The van der Waals surface area contributed by atoms with Crippen LogP contribution in [0.5, 0.6) is 0 Å². The normalized spacial score (nSPS) is 25.7. The minimum Gasteiger partial charge on any atom is -0.481 e. The van der Waals surface area contributed by atoms with Gasteiger partial charge in [0.1, 0.15) is 0 Å². The number of benzene rings is 1. The van der Waals surface area contributed by atoms with Crippen molar-refractivity contribution in [2.24, 2.45) is 11.3 Å². The van der Waals surface area contributed by atoms with Crippen LogP contribution >= 0.6 is 11.6 Å². The summed E-state index contributed by atoms with van der Waals surface area (Å²) in [5, 5.41) is 10.3. The zero-order valence-corrected chi connectivity index (χ0v) is 14.3. The molecule has 1 aromatic rings.